The average molecular weight is 342 g/mol. The molecule has 0 bridgehead atoms. The zero-order valence-corrected chi connectivity index (χ0v) is 15.2. The largest absolute Gasteiger partial charge is 0.491 e. The van der Waals surface area contributed by atoms with E-state index in [1.807, 2.05) is 69.3 Å². The Bertz CT molecular complexity index is 701. The van der Waals surface area contributed by atoms with E-state index in [1.165, 1.54) is 0 Å². The number of nitrogens with one attached hydrogen (secondary N) is 2. The van der Waals surface area contributed by atoms with Gasteiger partial charge in [-0.2, -0.15) is 0 Å². The lowest BCUT2D eigenvalue weighted by atomic mass is 10.1. The summed E-state index contributed by atoms with van der Waals surface area (Å²) in [5.41, 5.74) is 2.73. The molecule has 134 valence electrons. The summed E-state index contributed by atoms with van der Waals surface area (Å²) in [4.78, 5) is 12.2. The first-order chi connectivity index (χ1) is 12.0. The molecule has 2 rings (SSSR count). The van der Waals surface area contributed by atoms with E-state index < -0.39 is 0 Å². The predicted molar refractivity (Wildman–Crippen MR) is 99.9 cm³/mol. The van der Waals surface area contributed by atoms with E-state index in [0.717, 1.165) is 22.6 Å². The van der Waals surface area contributed by atoms with Crippen molar-refractivity contribution in [3.8, 4) is 5.75 Å². The number of amides is 2. The fourth-order valence-corrected chi connectivity index (χ4v) is 2.48. The number of carbonyl (C=O) groups excluding carboxylic acids is 1. The molecule has 2 amide bonds. The molecule has 25 heavy (non-hydrogen) atoms. The van der Waals surface area contributed by atoms with E-state index >= 15 is 0 Å². The molecule has 0 fully saturated rings. The van der Waals surface area contributed by atoms with Gasteiger partial charge in [0, 0.05) is 12.8 Å². The van der Waals surface area contributed by atoms with Gasteiger partial charge in [0.2, 0.25) is 0 Å². The van der Waals surface area contributed by atoms with Crippen molar-refractivity contribution < 1.29 is 14.3 Å². The number of hydrogen-bond acceptors (Lipinski definition) is 3. The molecule has 0 aliphatic carbocycles. The first-order valence-corrected chi connectivity index (χ1v) is 8.40. The van der Waals surface area contributed by atoms with Crippen molar-refractivity contribution in [1.29, 1.82) is 0 Å². The molecule has 1 unspecified atom stereocenters. The molecule has 0 aliphatic heterocycles. The third kappa shape index (κ3) is 6.12. The Morgan fingerprint density at radius 3 is 2.56 bits per heavy atom. The third-order valence-electron chi connectivity index (χ3n) is 3.57. The fourth-order valence-electron chi connectivity index (χ4n) is 2.48. The summed E-state index contributed by atoms with van der Waals surface area (Å²) >= 11 is 0. The number of ether oxygens (including phenoxy) is 2. The highest BCUT2D eigenvalue weighted by Gasteiger charge is 2.11. The monoisotopic (exact) mass is 342 g/mol. The lowest BCUT2D eigenvalue weighted by Crippen LogP contribution is -2.31. The summed E-state index contributed by atoms with van der Waals surface area (Å²) in [7, 11) is 1.64. The van der Waals surface area contributed by atoms with Crippen LogP contribution >= 0.6 is 0 Å². The molecule has 2 aromatic rings. The van der Waals surface area contributed by atoms with Crippen LogP contribution in [0.25, 0.3) is 0 Å². The van der Waals surface area contributed by atoms with Crippen molar-refractivity contribution in [2.24, 2.45) is 0 Å². The van der Waals surface area contributed by atoms with E-state index in [9.17, 15) is 4.79 Å². The van der Waals surface area contributed by atoms with E-state index in [2.05, 4.69) is 10.6 Å². The Morgan fingerprint density at radius 1 is 1.08 bits per heavy atom. The van der Waals surface area contributed by atoms with Gasteiger partial charge in [-0.3, -0.25) is 0 Å². The maximum absolute atomic E-state index is 12.2. The lowest BCUT2D eigenvalue weighted by molar-refractivity contribution is 0.185. The molecule has 5 nitrogen and oxygen atoms in total. The number of carbonyl (C=O) groups is 1. The predicted octanol–water partition coefficient (Wildman–Crippen LogP) is 4.50. The number of methoxy groups -OCH3 is 1. The van der Waals surface area contributed by atoms with Gasteiger partial charge in [-0.15, -0.1) is 0 Å². The van der Waals surface area contributed by atoms with E-state index in [4.69, 9.17) is 9.47 Å². The van der Waals surface area contributed by atoms with Gasteiger partial charge in [0.05, 0.1) is 18.8 Å². The van der Waals surface area contributed by atoms with Crippen molar-refractivity contribution in [2.75, 3.05) is 12.4 Å². The van der Waals surface area contributed by atoms with Crippen LogP contribution in [0.15, 0.2) is 48.5 Å². The summed E-state index contributed by atoms with van der Waals surface area (Å²) < 4.78 is 10.8. The van der Waals surface area contributed by atoms with Crippen LogP contribution in [0.2, 0.25) is 0 Å². The van der Waals surface area contributed by atoms with Gasteiger partial charge < -0.3 is 20.1 Å². The number of hydrogen-bond donors (Lipinski definition) is 2. The van der Waals surface area contributed by atoms with E-state index in [0.29, 0.717) is 6.61 Å². The van der Waals surface area contributed by atoms with Crippen molar-refractivity contribution >= 4 is 11.7 Å². The number of anilines is 1. The molecule has 0 saturated heterocycles. The molecular formula is C20H26N2O3. The quantitative estimate of drug-likeness (QED) is 0.779. The van der Waals surface area contributed by atoms with Gasteiger partial charge in [-0.25, -0.2) is 4.79 Å². The SMILES string of the molecule is COCc1cccc(NC(=O)NC(C)c2cccc(OC(C)C)c2)c1. The Morgan fingerprint density at radius 2 is 1.84 bits per heavy atom. The lowest BCUT2D eigenvalue weighted by Gasteiger charge is -2.17. The molecule has 2 N–H and O–H groups in total. The fraction of sp³-hybridized carbons (Fsp3) is 0.350. The molecule has 0 aliphatic rings. The standard InChI is InChI=1S/C20H26N2O3/c1-14(2)25-19-10-6-8-17(12-19)15(3)21-20(23)22-18-9-5-7-16(11-18)13-24-4/h5-12,14-15H,13H2,1-4H3,(H2,21,22,23). The summed E-state index contributed by atoms with van der Waals surface area (Å²) in [6, 6.07) is 15.0. The second kappa shape index (κ2) is 9.08. The summed E-state index contributed by atoms with van der Waals surface area (Å²) in [6.07, 6.45) is 0.112. The number of benzene rings is 2. The maximum atomic E-state index is 12.2. The summed E-state index contributed by atoms with van der Waals surface area (Å²) in [5, 5.41) is 5.79. The maximum Gasteiger partial charge on any atom is 0.319 e. The second-order valence-corrected chi connectivity index (χ2v) is 6.19. The topological polar surface area (TPSA) is 59.6 Å². The Kier molecular flexibility index (Phi) is 6.83. The minimum Gasteiger partial charge on any atom is -0.491 e. The first kappa shape index (κ1) is 18.8. The van der Waals surface area contributed by atoms with E-state index in [1.54, 1.807) is 7.11 Å². The zero-order valence-electron chi connectivity index (χ0n) is 15.2. The highest BCUT2D eigenvalue weighted by Crippen LogP contribution is 2.20. The van der Waals surface area contributed by atoms with E-state index in [-0.39, 0.29) is 18.2 Å². The van der Waals surface area contributed by atoms with Gasteiger partial charge in [-0.05, 0) is 56.2 Å². The highest BCUT2D eigenvalue weighted by molar-refractivity contribution is 5.89. The Hall–Kier alpha value is -2.53. The van der Waals surface area contributed by atoms with Crippen LogP contribution in [0.1, 0.15) is 37.9 Å². The Labute approximate surface area is 149 Å². The minimum absolute atomic E-state index is 0.112. The van der Waals surface area contributed by atoms with Gasteiger partial charge in [-0.1, -0.05) is 24.3 Å². The molecule has 0 radical (unpaired) electrons. The summed E-state index contributed by atoms with van der Waals surface area (Å²) in [6.45, 7) is 6.42. The molecule has 0 heterocycles. The smallest absolute Gasteiger partial charge is 0.319 e. The van der Waals surface area contributed by atoms with Crippen LogP contribution < -0.4 is 15.4 Å². The average Bonchev–Trinajstić information content (AvgIpc) is 2.55. The van der Waals surface area contributed by atoms with Gasteiger partial charge >= 0.3 is 6.03 Å². The van der Waals surface area contributed by atoms with Crippen LogP contribution in [-0.4, -0.2) is 19.2 Å². The van der Waals surface area contributed by atoms with Crippen LogP contribution in [0.3, 0.4) is 0 Å². The molecule has 0 aromatic heterocycles. The molecular weight excluding hydrogens is 316 g/mol. The minimum atomic E-state index is -0.253. The molecule has 1 atom stereocenters. The van der Waals surface area contributed by atoms with Crippen LogP contribution in [0, 0.1) is 0 Å². The van der Waals surface area contributed by atoms with Gasteiger partial charge in [0.15, 0.2) is 0 Å². The molecule has 0 spiro atoms. The number of urea groups is 1. The molecule has 2 aromatic carbocycles. The van der Waals surface area contributed by atoms with Crippen LogP contribution in [-0.2, 0) is 11.3 Å². The third-order valence-corrected chi connectivity index (χ3v) is 3.57. The highest BCUT2D eigenvalue weighted by atomic mass is 16.5. The molecule has 0 saturated carbocycles. The van der Waals surface area contributed by atoms with Crippen molar-refractivity contribution in [3.05, 3.63) is 59.7 Å². The van der Waals surface area contributed by atoms with Gasteiger partial charge in [0.25, 0.3) is 0 Å². The van der Waals surface area contributed by atoms with Crippen LogP contribution in [0.5, 0.6) is 5.75 Å². The zero-order chi connectivity index (χ0) is 18.2. The first-order valence-electron chi connectivity index (χ1n) is 8.40. The summed E-state index contributed by atoms with van der Waals surface area (Å²) in [5.74, 6) is 0.800. The van der Waals surface area contributed by atoms with Crippen molar-refractivity contribution in [3.63, 3.8) is 0 Å². The van der Waals surface area contributed by atoms with Crippen LogP contribution in [0.4, 0.5) is 10.5 Å². The van der Waals surface area contributed by atoms with Gasteiger partial charge in [0.1, 0.15) is 5.75 Å². The van der Waals surface area contributed by atoms with Crippen molar-refractivity contribution in [2.45, 2.75) is 39.5 Å². The second-order valence-electron chi connectivity index (χ2n) is 6.19. The normalized spacial score (nSPS) is 11.9. The van der Waals surface area contributed by atoms with Crippen molar-refractivity contribution in [1.82, 2.24) is 5.32 Å². The number of rotatable bonds is 7. The molecule has 5 heteroatoms. The Balaban J connectivity index is 1.97.